The minimum atomic E-state index is -0.0287. The first kappa shape index (κ1) is 11.0. The first-order valence-corrected chi connectivity index (χ1v) is 4.96. The van der Waals surface area contributed by atoms with Crippen molar-refractivity contribution in [2.75, 3.05) is 27.2 Å². The van der Waals surface area contributed by atoms with Crippen molar-refractivity contribution in [3.63, 3.8) is 0 Å². The third-order valence-corrected chi connectivity index (χ3v) is 2.71. The summed E-state index contributed by atoms with van der Waals surface area (Å²) in [4.78, 5) is 15.4. The summed E-state index contributed by atoms with van der Waals surface area (Å²) < 4.78 is 0. The van der Waals surface area contributed by atoms with Crippen molar-refractivity contribution in [2.45, 2.75) is 25.3 Å². The van der Waals surface area contributed by atoms with Crippen LogP contribution in [0.1, 0.15) is 19.3 Å². The van der Waals surface area contributed by atoms with Gasteiger partial charge >= 0.3 is 0 Å². The van der Waals surface area contributed by atoms with Crippen LogP contribution in [0.25, 0.3) is 0 Å². The second-order valence-corrected chi connectivity index (χ2v) is 3.93. The maximum absolute atomic E-state index is 11.5. The van der Waals surface area contributed by atoms with E-state index in [0.29, 0.717) is 6.04 Å². The highest BCUT2D eigenvalue weighted by atomic mass is 16.2. The van der Waals surface area contributed by atoms with Crippen molar-refractivity contribution < 1.29 is 4.79 Å². The Morgan fingerprint density at radius 3 is 2.93 bits per heavy atom. The molecule has 0 aromatic carbocycles. The van der Waals surface area contributed by atoms with Crippen LogP contribution in [0.5, 0.6) is 0 Å². The summed E-state index contributed by atoms with van der Waals surface area (Å²) in [6.07, 6.45) is 2.20. The summed E-state index contributed by atoms with van der Waals surface area (Å²) in [5.41, 5.74) is 0. The normalized spacial score (nSPS) is 22.1. The van der Waals surface area contributed by atoms with Crippen molar-refractivity contribution in [3.05, 3.63) is 0 Å². The number of likely N-dealkylation sites (N-methyl/N-ethyl adjacent to an activating group) is 1. The maximum Gasteiger partial charge on any atom is 0.236 e. The molecule has 0 saturated carbocycles. The quantitative estimate of drug-likeness (QED) is 0.643. The predicted molar refractivity (Wildman–Crippen MR) is 53.5 cm³/mol. The average Bonchev–Trinajstić information content (AvgIpc) is 2.18. The second-order valence-electron chi connectivity index (χ2n) is 3.93. The second kappa shape index (κ2) is 4.97. The lowest BCUT2D eigenvalue weighted by molar-refractivity contribution is -0.132. The largest absolute Gasteiger partial charge is 0.340 e. The van der Waals surface area contributed by atoms with Crippen LogP contribution < -0.4 is 0 Å². The third-order valence-electron chi connectivity index (χ3n) is 2.71. The van der Waals surface area contributed by atoms with E-state index in [9.17, 15) is 4.79 Å². The molecule has 1 aliphatic heterocycles. The molecule has 78 valence electrons. The van der Waals surface area contributed by atoms with Crippen LogP contribution >= 0.6 is 0 Å². The van der Waals surface area contributed by atoms with Crippen molar-refractivity contribution in [3.8, 4) is 6.07 Å². The lowest BCUT2D eigenvalue weighted by atomic mass is 10.0. The van der Waals surface area contributed by atoms with Gasteiger partial charge < -0.3 is 9.80 Å². The maximum atomic E-state index is 11.5. The fourth-order valence-electron chi connectivity index (χ4n) is 1.78. The topological polar surface area (TPSA) is 47.3 Å². The van der Waals surface area contributed by atoms with Crippen molar-refractivity contribution in [1.29, 1.82) is 5.26 Å². The minimum absolute atomic E-state index is 0.0140. The molecule has 1 amide bonds. The number of hydrogen-bond acceptors (Lipinski definition) is 3. The Balaban J connectivity index is 2.48. The molecule has 1 saturated heterocycles. The van der Waals surface area contributed by atoms with E-state index in [2.05, 4.69) is 4.90 Å². The van der Waals surface area contributed by atoms with Crippen LogP contribution in [0, 0.1) is 11.3 Å². The standard InChI is InChI=1S/C10H17N3O/c1-12(2)9-4-3-7-13(8-9)10(14)5-6-11/h9H,3-5,7-8H2,1-2H3. The summed E-state index contributed by atoms with van der Waals surface area (Å²) in [6.45, 7) is 1.58. The Morgan fingerprint density at radius 2 is 2.36 bits per heavy atom. The van der Waals surface area contributed by atoms with E-state index < -0.39 is 0 Å². The summed E-state index contributed by atoms with van der Waals surface area (Å²) in [7, 11) is 4.06. The highest BCUT2D eigenvalue weighted by molar-refractivity contribution is 5.78. The molecular formula is C10H17N3O. The molecule has 1 fully saturated rings. The molecule has 1 aliphatic rings. The van der Waals surface area contributed by atoms with Gasteiger partial charge in [-0.1, -0.05) is 0 Å². The van der Waals surface area contributed by atoms with Crippen LogP contribution in [0.2, 0.25) is 0 Å². The van der Waals surface area contributed by atoms with Crippen molar-refractivity contribution in [2.24, 2.45) is 0 Å². The van der Waals surface area contributed by atoms with Crippen LogP contribution in [0.15, 0.2) is 0 Å². The number of rotatable bonds is 2. The van der Waals surface area contributed by atoms with Gasteiger partial charge in [0.2, 0.25) is 5.91 Å². The molecule has 0 radical (unpaired) electrons. The van der Waals surface area contributed by atoms with Gasteiger partial charge in [-0.2, -0.15) is 5.26 Å². The van der Waals surface area contributed by atoms with Gasteiger partial charge in [-0.15, -0.1) is 0 Å². The van der Waals surface area contributed by atoms with E-state index in [1.54, 1.807) is 4.90 Å². The van der Waals surface area contributed by atoms with Crippen LogP contribution in [0.4, 0.5) is 0 Å². The summed E-state index contributed by atoms with van der Waals surface area (Å²) >= 11 is 0. The molecule has 4 heteroatoms. The molecule has 1 rings (SSSR count). The van der Waals surface area contributed by atoms with E-state index in [-0.39, 0.29) is 12.3 Å². The zero-order chi connectivity index (χ0) is 10.6. The first-order chi connectivity index (χ1) is 6.65. The molecule has 0 aliphatic carbocycles. The lowest BCUT2D eigenvalue weighted by Gasteiger charge is -2.35. The van der Waals surface area contributed by atoms with Crippen molar-refractivity contribution in [1.82, 2.24) is 9.80 Å². The number of amides is 1. The Labute approximate surface area is 85.1 Å². The van der Waals surface area contributed by atoms with Gasteiger partial charge in [0.1, 0.15) is 6.42 Å². The van der Waals surface area contributed by atoms with E-state index in [4.69, 9.17) is 5.26 Å². The average molecular weight is 195 g/mol. The molecule has 0 spiro atoms. The highest BCUT2D eigenvalue weighted by Crippen LogP contribution is 2.14. The first-order valence-electron chi connectivity index (χ1n) is 4.96. The lowest BCUT2D eigenvalue weighted by Crippen LogP contribution is -2.47. The van der Waals surface area contributed by atoms with Gasteiger partial charge in [-0.25, -0.2) is 0 Å². The molecule has 4 nitrogen and oxygen atoms in total. The number of piperidine rings is 1. The fourth-order valence-corrected chi connectivity index (χ4v) is 1.78. The number of nitriles is 1. The zero-order valence-electron chi connectivity index (χ0n) is 8.86. The van der Waals surface area contributed by atoms with Gasteiger partial charge in [0.15, 0.2) is 0 Å². The van der Waals surface area contributed by atoms with E-state index in [0.717, 1.165) is 25.9 Å². The molecule has 1 atom stereocenters. The third kappa shape index (κ3) is 2.71. The molecule has 0 bridgehead atoms. The number of carbonyl (C=O) groups is 1. The summed E-state index contributed by atoms with van der Waals surface area (Å²) in [6, 6.07) is 2.35. The highest BCUT2D eigenvalue weighted by Gasteiger charge is 2.24. The number of hydrogen-bond donors (Lipinski definition) is 0. The Kier molecular flexibility index (Phi) is 3.90. The van der Waals surface area contributed by atoms with Gasteiger partial charge in [0, 0.05) is 19.1 Å². The smallest absolute Gasteiger partial charge is 0.236 e. The summed E-state index contributed by atoms with van der Waals surface area (Å²) in [5, 5.41) is 8.43. The molecule has 1 heterocycles. The minimum Gasteiger partial charge on any atom is -0.340 e. The van der Waals surface area contributed by atoms with Crippen LogP contribution in [0.3, 0.4) is 0 Å². The number of nitrogens with zero attached hydrogens (tertiary/aromatic N) is 3. The number of likely N-dealkylation sites (tertiary alicyclic amines) is 1. The van der Waals surface area contributed by atoms with E-state index in [1.165, 1.54) is 0 Å². The molecular weight excluding hydrogens is 178 g/mol. The Morgan fingerprint density at radius 1 is 1.64 bits per heavy atom. The Hall–Kier alpha value is -1.08. The van der Waals surface area contributed by atoms with E-state index in [1.807, 2.05) is 20.2 Å². The molecule has 0 aromatic rings. The van der Waals surface area contributed by atoms with Gasteiger partial charge in [0.05, 0.1) is 6.07 Å². The molecule has 14 heavy (non-hydrogen) atoms. The summed E-state index contributed by atoms with van der Waals surface area (Å²) in [5.74, 6) is -0.0287. The number of carbonyl (C=O) groups excluding carboxylic acids is 1. The Bertz CT molecular complexity index is 244. The SMILES string of the molecule is CN(C)C1CCCN(C(=O)CC#N)C1. The molecule has 0 N–H and O–H groups in total. The van der Waals surface area contributed by atoms with Gasteiger partial charge in [0.25, 0.3) is 0 Å². The van der Waals surface area contributed by atoms with Crippen molar-refractivity contribution >= 4 is 5.91 Å². The fraction of sp³-hybridized carbons (Fsp3) is 0.800. The van der Waals surface area contributed by atoms with Gasteiger partial charge in [-0.3, -0.25) is 4.79 Å². The molecule has 0 aromatic heterocycles. The molecule has 1 unspecified atom stereocenters. The van der Waals surface area contributed by atoms with Gasteiger partial charge in [-0.05, 0) is 26.9 Å². The van der Waals surface area contributed by atoms with E-state index >= 15 is 0 Å². The van der Waals surface area contributed by atoms with Crippen LogP contribution in [-0.2, 0) is 4.79 Å². The van der Waals surface area contributed by atoms with Crippen LogP contribution in [-0.4, -0.2) is 48.9 Å². The zero-order valence-corrected chi connectivity index (χ0v) is 8.86. The monoisotopic (exact) mass is 195 g/mol. The predicted octanol–water partition coefficient (Wildman–Crippen LogP) is 0.453.